The Morgan fingerprint density at radius 1 is 1.50 bits per heavy atom. The first kappa shape index (κ1) is 12.2. The van der Waals surface area contributed by atoms with E-state index in [9.17, 15) is 9.59 Å². The number of hydrogen-bond acceptors (Lipinski definition) is 5. The zero-order valence-corrected chi connectivity index (χ0v) is 9.28. The maximum Gasteiger partial charge on any atom is 0.306 e. The number of methoxy groups -OCH3 is 1. The molecule has 0 bridgehead atoms. The lowest BCUT2D eigenvalue weighted by molar-refractivity contribution is -0.142. The summed E-state index contributed by atoms with van der Waals surface area (Å²) in [6.45, 7) is 2.00. The van der Waals surface area contributed by atoms with E-state index in [4.69, 9.17) is 4.42 Å². The molecule has 0 saturated heterocycles. The van der Waals surface area contributed by atoms with Crippen LogP contribution in [0.3, 0.4) is 0 Å². The van der Waals surface area contributed by atoms with Gasteiger partial charge in [0, 0.05) is 6.42 Å². The van der Waals surface area contributed by atoms with Gasteiger partial charge in [0.15, 0.2) is 0 Å². The normalized spacial score (nSPS) is 9.88. The molecule has 6 nitrogen and oxygen atoms in total. The van der Waals surface area contributed by atoms with Crippen LogP contribution in [0.2, 0.25) is 0 Å². The largest absolute Gasteiger partial charge is 0.469 e. The first-order valence-electron chi connectivity index (χ1n) is 4.86. The maximum atomic E-state index is 11.3. The fourth-order valence-corrected chi connectivity index (χ4v) is 1.06. The Bertz CT molecular complexity index is 373. The first-order chi connectivity index (χ1) is 7.61. The zero-order chi connectivity index (χ0) is 12.0. The number of aryl methyl sites for hydroxylation is 1. The number of carbonyl (C=O) groups is 2. The highest BCUT2D eigenvalue weighted by Crippen LogP contribution is 2.01. The molecule has 0 aliphatic heterocycles. The smallest absolute Gasteiger partial charge is 0.306 e. The van der Waals surface area contributed by atoms with Crippen molar-refractivity contribution < 1.29 is 18.7 Å². The lowest BCUT2D eigenvalue weighted by Crippen LogP contribution is -2.23. The van der Waals surface area contributed by atoms with Crippen LogP contribution in [-0.4, -0.2) is 24.0 Å². The van der Waals surface area contributed by atoms with Crippen molar-refractivity contribution in [1.82, 2.24) is 10.3 Å². The molecule has 0 spiro atoms. The number of hydrogen-bond donors (Lipinski definition) is 1. The quantitative estimate of drug-likeness (QED) is 0.741. The molecule has 0 unspecified atom stereocenters. The second-order valence-electron chi connectivity index (χ2n) is 3.22. The number of nitrogens with one attached hydrogen (secondary N) is 1. The highest BCUT2D eigenvalue weighted by molar-refractivity contribution is 5.81. The Hall–Kier alpha value is -1.85. The number of esters is 1. The van der Waals surface area contributed by atoms with Gasteiger partial charge in [-0.2, -0.15) is 0 Å². The Balaban J connectivity index is 2.22. The van der Waals surface area contributed by atoms with Gasteiger partial charge in [-0.3, -0.25) is 9.59 Å². The van der Waals surface area contributed by atoms with E-state index in [2.05, 4.69) is 15.0 Å². The molecule has 1 rings (SSSR count). The van der Waals surface area contributed by atoms with Crippen LogP contribution in [0.4, 0.5) is 0 Å². The molecule has 0 aliphatic rings. The minimum Gasteiger partial charge on any atom is -0.469 e. The molecule has 6 heteroatoms. The van der Waals surface area contributed by atoms with Crippen LogP contribution >= 0.6 is 0 Å². The number of rotatable bonds is 5. The lowest BCUT2D eigenvalue weighted by atomic mass is 10.3. The van der Waals surface area contributed by atoms with E-state index in [1.165, 1.54) is 7.11 Å². The second-order valence-corrected chi connectivity index (χ2v) is 3.22. The number of ether oxygens (including phenoxy) is 1. The summed E-state index contributed by atoms with van der Waals surface area (Å²) in [5, 5.41) is 2.59. The van der Waals surface area contributed by atoms with Crippen LogP contribution in [0.25, 0.3) is 0 Å². The molecular weight excluding hydrogens is 212 g/mol. The van der Waals surface area contributed by atoms with Gasteiger partial charge in [-0.05, 0) is 6.92 Å². The first-order valence-corrected chi connectivity index (χ1v) is 4.86. The van der Waals surface area contributed by atoms with E-state index in [-0.39, 0.29) is 25.3 Å². The molecule has 1 heterocycles. The molecule has 0 atom stereocenters. The molecule has 16 heavy (non-hydrogen) atoms. The molecule has 0 aliphatic carbocycles. The maximum absolute atomic E-state index is 11.3. The van der Waals surface area contributed by atoms with Crippen molar-refractivity contribution in [2.24, 2.45) is 0 Å². The van der Waals surface area contributed by atoms with Gasteiger partial charge in [0.1, 0.15) is 5.76 Å². The molecule has 0 aromatic carbocycles. The number of oxazole rings is 1. The van der Waals surface area contributed by atoms with Gasteiger partial charge >= 0.3 is 5.97 Å². The van der Waals surface area contributed by atoms with Gasteiger partial charge in [0.05, 0.1) is 26.3 Å². The molecule has 0 saturated carbocycles. The molecular formula is C10H14N2O4. The summed E-state index contributed by atoms with van der Waals surface area (Å²) < 4.78 is 9.58. The number of nitrogens with zero attached hydrogens (tertiary/aromatic N) is 1. The predicted octanol–water partition coefficient (Wildman–Crippen LogP) is 0.552. The Kier molecular flexibility index (Phi) is 4.50. The topological polar surface area (TPSA) is 81.4 Å². The van der Waals surface area contributed by atoms with Crippen molar-refractivity contribution in [3.05, 3.63) is 17.8 Å². The van der Waals surface area contributed by atoms with Crippen LogP contribution < -0.4 is 5.32 Å². The number of carbonyl (C=O) groups excluding carboxylic acids is 2. The third-order valence-electron chi connectivity index (χ3n) is 1.89. The van der Waals surface area contributed by atoms with Crippen LogP contribution in [0.1, 0.15) is 24.5 Å². The Labute approximate surface area is 93.0 Å². The van der Waals surface area contributed by atoms with Crippen LogP contribution in [0.15, 0.2) is 10.6 Å². The predicted molar refractivity (Wildman–Crippen MR) is 54.3 cm³/mol. The van der Waals surface area contributed by atoms with E-state index in [0.717, 1.165) is 0 Å². The van der Waals surface area contributed by atoms with Gasteiger partial charge in [-0.1, -0.05) is 0 Å². The van der Waals surface area contributed by atoms with Gasteiger partial charge in [-0.25, -0.2) is 4.98 Å². The summed E-state index contributed by atoms with van der Waals surface area (Å²) in [4.78, 5) is 25.9. The Morgan fingerprint density at radius 3 is 2.81 bits per heavy atom. The average Bonchev–Trinajstić information content (AvgIpc) is 2.69. The molecule has 0 radical (unpaired) electrons. The molecule has 1 N–H and O–H groups in total. The number of aromatic nitrogens is 1. The number of amides is 1. The Morgan fingerprint density at radius 2 is 2.25 bits per heavy atom. The van der Waals surface area contributed by atoms with Crippen molar-refractivity contribution >= 4 is 11.9 Å². The minimum atomic E-state index is -0.401. The average molecular weight is 226 g/mol. The van der Waals surface area contributed by atoms with Crippen LogP contribution in [0, 0.1) is 6.92 Å². The summed E-state index contributed by atoms with van der Waals surface area (Å²) >= 11 is 0. The fourth-order valence-electron chi connectivity index (χ4n) is 1.06. The monoisotopic (exact) mass is 226 g/mol. The lowest BCUT2D eigenvalue weighted by Gasteiger charge is -2.01. The standard InChI is InChI=1S/C10H14N2O4/c1-7-5-12-9(16-7)6-11-8(13)3-4-10(14)15-2/h5H,3-4,6H2,1-2H3,(H,11,13). The third kappa shape index (κ3) is 4.12. The van der Waals surface area contributed by atoms with Gasteiger partial charge in [0.2, 0.25) is 11.8 Å². The van der Waals surface area contributed by atoms with Gasteiger partial charge < -0.3 is 14.5 Å². The van der Waals surface area contributed by atoms with E-state index in [1.54, 1.807) is 13.1 Å². The zero-order valence-electron chi connectivity index (χ0n) is 9.28. The van der Waals surface area contributed by atoms with E-state index in [0.29, 0.717) is 11.7 Å². The van der Waals surface area contributed by atoms with Crippen molar-refractivity contribution in [3.63, 3.8) is 0 Å². The van der Waals surface area contributed by atoms with Crippen molar-refractivity contribution in [3.8, 4) is 0 Å². The SMILES string of the molecule is COC(=O)CCC(=O)NCc1ncc(C)o1. The van der Waals surface area contributed by atoms with Crippen molar-refractivity contribution in [2.45, 2.75) is 26.3 Å². The van der Waals surface area contributed by atoms with E-state index in [1.807, 2.05) is 0 Å². The van der Waals surface area contributed by atoms with Gasteiger partial charge in [-0.15, -0.1) is 0 Å². The summed E-state index contributed by atoms with van der Waals surface area (Å²) in [6.07, 6.45) is 1.76. The highest BCUT2D eigenvalue weighted by Gasteiger charge is 2.07. The van der Waals surface area contributed by atoms with E-state index >= 15 is 0 Å². The van der Waals surface area contributed by atoms with Crippen molar-refractivity contribution in [1.29, 1.82) is 0 Å². The van der Waals surface area contributed by atoms with E-state index < -0.39 is 5.97 Å². The van der Waals surface area contributed by atoms with Crippen LogP contribution in [-0.2, 0) is 20.9 Å². The molecule has 88 valence electrons. The molecule has 1 aromatic heterocycles. The summed E-state index contributed by atoms with van der Waals surface area (Å²) in [5.41, 5.74) is 0. The fraction of sp³-hybridized carbons (Fsp3) is 0.500. The third-order valence-corrected chi connectivity index (χ3v) is 1.89. The molecule has 1 amide bonds. The second kappa shape index (κ2) is 5.89. The minimum absolute atomic E-state index is 0.0763. The van der Waals surface area contributed by atoms with Gasteiger partial charge in [0.25, 0.3) is 0 Å². The molecule has 1 aromatic rings. The summed E-state index contributed by atoms with van der Waals surface area (Å²) in [5.74, 6) is 0.506. The molecule has 0 fully saturated rings. The van der Waals surface area contributed by atoms with Crippen LogP contribution in [0.5, 0.6) is 0 Å². The van der Waals surface area contributed by atoms with Crippen molar-refractivity contribution in [2.75, 3.05) is 7.11 Å². The highest BCUT2D eigenvalue weighted by atomic mass is 16.5. The summed E-state index contributed by atoms with van der Waals surface area (Å²) in [6, 6.07) is 0. The summed E-state index contributed by atoms with van der Waals surface area (Å²) in [7, 11) is 1.29.